The van der Waals surface area contributed by atoms with Gasteiger partial charge in [0.05, 0.1) is 25.6 Å². The number of rotatable bonds is 5. The Morgan fingerprint density at radius 3 is 2.88 bits per heavy atom. The van der Waals surface area contributed by atoms with E-state index in [2.05, 4.69) is 46.4 Å². The Bertz CT molecular complexity index is 1220. The van der Waals surface area contributed by atoms with Crippen LogP contribution < -0.4 is 9.04 Å². The maximum Gasteiger partial charge on any atom is 0.307 e. The van der Waals surface area contributed by atoms with Crippen LogP contribution in [0.15, 0.2) is 53.7 Å². The molecule has 0 atom stereocenters. The van der Waals surface area contributed by atoms with Crippen molar-refractivity contribution in [2.45, 2.75) is 32.7 Å². The Morgan fingerprint density at radius 2 is 2.06 bits per heavy atom. The second-order valence-corrected chi connectivity index (χ2v) is 9.32. The van der Waals surface area contributed by atoms with Crippen LogP contribution in [0, 0.1) is 0 Å². The Balaban J connectivity index is 1.45. The summed E-state index contributed by atoms with van der Waals surface area (Å²) in [5.74, 6) is 0.903. The standard InChI is InChI=1S/C24H24N4O3S/c1-15(2)28-24(25-14-26-28)27-13-20-19-7-6-18(12-21(19)31-9-8-22(20)32-27)17-5-3-4-16(10-17)11-23(29)30/h3-7,10,12,14-15H,8-9,11,13H2,1-2H3,(H,29,30). The maximum atomic E-state index is 11.1. The van der Waals surface area contributed by atoms with E-state index in [0.717, 1.165) is 46.9 Å². The van der Waals surface area contributed by atoms with E-state index in [1.165, 1.54) is 10.5 Å². The second-order valence-electron chi connectivity index (χ2n) is 8.21. The first-order valence-electron chi connectivity index (χ1n) is 10.6. The third-order valence-electron chi connectivity index (χ3n) is 5.63. The van der Waals surface area contributed by atoms with Crippen molar-refractivity contribution in [2.75, 3.05) is 17.5 Å². The largest absolute Gasteiger partial charge is 0.493 e. The fraction of sp³-hybridized carbons (Fsp3) is 0.292. The fourth-order valence-electron chi connectivity index (χ4n) is 4.14. The van der Waals surface area contributed by atoms with Gasteiger partial charge in [-0.2, -0.15) is 10.1 Å². The van der Waals surface area contributed by atoms with E-state index in [1.54, 1.807) is 18.3 Å². The molecule has 0 bridgehead atoms. The molecule has 2 aliphatic heterocycles. The highest BCUT2D eigenvalue weighted by molar-refractivity contribution is 8.04. The van der Waals surface area contributed by atoms with Gasteiger partial charge in [-0.15, -0.1) is 0 Å². The molecule has 0 fully saturated rings. The number of nitrogens with zero attached hydrogens (tertiary/aromatic N) is 4. The molecule has 0 unspecified atom stereocenters. The highest BCUT2D eigenvalue weighted by Crippen LogP contribution is 2.46. The first-order valence-corrected chi connectivity index (χ1v) is 11.4. The van der Waals surface area contributed by atoms with Crippen LogP contribution in [0.2, 0.25) is 0 Å². The average molecular weight is 449 g/mol. The minimum Gasteiger partial charge on any atom is -0.493 e. The Hall–Kier alpha value is -3.26. The monoisotopic (exact) mass is 448 g/mol. The number of carboxylic acids is 1. The lowest BCUT2D eigenvalue weighted by Crippen LogP contribution is -2.19. The van der Waals surface area contributed by atoms with Gasteiger partial charge in [-0.05, 0) is 54.1 Å². The van der Waals surface area contributed by atoms with Gasteiger partial charge in [-0.25, -0.2) is 4.68 Å². The Morgan fingerprint density at radius 1 is 1.22 bits per heavy atom. The zero-order chi connectivity index (χ0) is 22.2. The first kappa shape index (κ1) is 20.6. The van der Waals surface area contributed by atoms with Gasteiger partial charge in [0, 0.05) is 16.9 Å². The van der Waals surface area contributed by atoms with Gasteiger partial charge in [0.2, 0.25) is 5.95 Å². The predicted octanol–water partition coefficient (Wildman–Crippen LogP) is 4.82. The third-order valence-corrected chi connectivity index (χ3v) is 6.82. The van der Waals surface area contributed by atoms with Crippen LogP contribution >= 0.6 is 11.9 Å². The van der Waals surface area contributed by atoms with Gasteiger partial charge in [0.1, 0.15) is 12.1 Å². The first-order chi connectivity index (χ1) is 15.5. The number of hydrogen-bond donors (Lipinski definition) is 1. The molecule has 0 saturated carbocycles. The number of benzene rings is 2. The molecular weight excluding hydrogens is 424 g/mol. The lowest BCUT2D eigenvalue weighted by molar-refractivity contribution is -0.136. The summed E-state index contributed by atoms with van der Waals surface area (Å²) < 4.78 is 10.3. The zero-order valence-electron chi connectivity index (χ0n) is 18.0. The number of aliphatic carboxylic acids is 1. The van der Waals surface area contributed by atoms with Crippen molar-refractivity contribution < 1.29 is 14.6 Å². The normalized spacial score (nSPS) is 15.4. The molecule has 1 N–H and O–H groups in total. The number of anilines is 1. The van der Waals surface area contributed by atoms with Crippen molar-refractivity contribution in [3.63, 3.8) is 0 Å². The fourth-order valence-corrected chi connectivity index (χ4v) is 5.27. The van der Waals surface area contributed by atoms with Crippen molar-refractivity contribution in [1.82, 2.24) is 14.8 Å². The van der Waals surface area contributed by atoms with Crippen LogP contribution in [-0.4, -0.2) is 39.0 Å². The quantitative estimate of drug-likeness (QED) is 0.561. The molecule has 8 heteroatoms. The van der Waals surface area contributed by atoms with Crippen LogP contribution in [-0.2, 0) is 11.2 Å². The number of ether oxygens (including phenoxy) is 1. The van der Waals surface area contributed by atoms with Crippen LogP contribution in [0.5, 0.6) is 5.75 Å². The van der Waals surface area contributed by atoms with E-state index >= 15 is 0 Å². The molecule has 2 aromatic carbocycles. The number of hydrogen-bond acceptors (Lipinski definition) is 6. The molecule has 32 heavy (non-hydrogen) atoms. The third kappa shape index (κ3) is 3.86. The molecule has 1 aromatic heterocycles. The molecular formula is C24H24N4O3S. The molecule has 5 rings (SSSR count). The Labute approximate surface area is 190 Å². The van der Waals surface area contributed by atoms with E-state index in [9.17, 15) is 4.79 Å². The zero-order valence-corrected chi connectivity index (χ0v) is 18.8. The number of carboxylic acid groups (broad SMARTS) is 1. The predicted molar refractivity (Wildman–Crippen MR) is 126 cm³/mol. The average Bonchev–Trinajstić information content (AvgIpc) is 3.38. The summed E-state index contributed by atoms with van der Waals surface area (Å²) in [6, 6.07) is 14.2. The van der Waals surface area contributed by atoms with Gasteiger partial charge in [-0.3, -0.25) is 9.10 Å². The molecule has 2 aliphatic rings. The van der Waals surface area contributed by atoms with E-state index in [1.807, 2.05) is 28.9 Å². The van der Waals surface area contributed by atoms with Crippen LogP contribution in [0.1, 0.15) is 37.4 Å². The second kappa shape index (κ2) is 8.35. The molecule has 164 valence electrons. The van der Waals surface area contributed by atoms with Gasteiger partial charge in [0.25, 0.3) is 0 Å². The van der Waals surface area contributed by atoms with Crippen molar-refractivity contribution in [3.05, 3.63) is 64.8 Å². The number of carbonyl (C=O) groups is 1. The van der Waals surface area contributed by atoms with E-state index in [-0.39, 0.29) is 12.5 Å². The van der Waals surface area contributed by atoms with E-state index < -0.39 is 5.97 Å². The van der Waals surface area contributed by atoms with Gasteiger partial charge < -0.3 is 9.84 Å². The Kier molecular flexibility index (Phi) is 5.38. The molecule has 3 aromatic rings. The molecule has 7 nitrogen and oxygen atoms in total. The van der Waals surface area contributed by atoms with Crippen LogP contribution in [0.4, 0.5) is 5.95 Å². The lowest BCUT2D eigenvalue weighted by atomic mass is 9.97. The lowest BCUT2D eigenvalue weighted by Gasteiger charge is -2.20. The number of aromatic nitrogens is 3. The maximum absolute atomic E-state index is 11.1. The molecule has 0 aliphatic carbocycles. The summed E-state index contributed by atoms with van der Waals surface area (Å²) in [4.78, 5) is 16.9. The highest BCUT2D eigenvalue weighted by Gasteiger charge is 2.31. The summed E-state index contributed by atoms with van der Waals surface area (Å²) in [5.41, 5.74) is 5.16. The summed E-state index contributed by atoms with van der Waals surface area (Å²) in [6.45, 7) is 5.57. The minimum atomic E-state index is -0.830. The minimum absolute atomic E-state index is 0.0135. The molecule has 3 heterocycles. The molecule has 0 saturated heterocycles. The van der Waals surface area contributed by atoms with Crippen molar-refractivity contribution in [2.24, 2.45) is 0 Å². The van der Waals surface area contributed by atoms with E-state index in [4.69, 9.17) is 9.84 Å². The van der Waals surface area contributed by atoms with Crippen molar-refractivity contribution in [1.29, 1.82) is 0 Å². The van der Waals surface area contributed by atoms with E-state index in [0.29, 0.717) is 6.61 Å². The smallest absolute Gasteiger partial charge is 0.307 e. The van der Waals surface area contributed by atoms with Crippen LogP contribution in [0.25, 0.3) is 16.7 Å². The topological polar surface area (TPSA) is 80.5 Å². The van der Waals surface area contributed by atoms with Crippen molar-refractivity contribution in [3.8, 4) is 16.9 Å². The van der Waals surface area contributed by atoms with Gasteiger partial charge in [-0.1, -0.05) is 36.4 Å². The molecule has 0 spiro atoms. The number of fused-ring (bicyclic) bond motifs is 2. The highest BCUT2D eigenvalue weighted by atomic mass is 32.2. The molecule has 0 radical (unpaired) electrons. The molecule has 0 amide bonds. The summed E-state index contributed by atoms with van der Waals surface area (Å²) in [5, 5.41) is 13.5. The van der Waals surface area contributed by atoms with Crippen LogP contribution in [0.3, 0.4) is 0 Å². The summed E-state index contributed by atoms with van der Waals surface area (Å²) in [7, 11) is 0. The summed E-state index contributed by atoms with van der Waals surface area (Å²) >= 11 is 1.72. The SMILES string of the molecule is CC(C)n1ncnc1N1CC2=C(CCOc3cc(-c4cccc(CC(=O)O)c4)ccc32)S1. The van der Waals surface area contributed by atoms with Crippen molar-refractivity contribution >= 4 is 29.4 Å². The van der Waals surface area contributed by atoms with Gasteiger partial charge >= 0.3 is 5.97 Å². The van der Waals surface area contributed by atoms with Gasteiger partial charge in [0.15, 0.2) is 0 Å². The summed E-state index contributed by atoms with van der Waals surface area (Å²) in [6.07, 6.45) is 2.48.